The van der Waals surface area contributed by atoms with Crippen molar-refractivity contribution in [2.45, 2.75) is 18.9 Å². The van der Waals surface area contributed by atoms with Crippen LogP contribution in [0.3, 0.4) is 0 Å². The summed E-state index contributed by atoms with van der Waals surface area (Å²) < 4.78 is 10.8. The van der Waals surface area contributed by atoms with Crippen molar-refractivity contribution in [1.29, 1.82) is 0 Å². The van der Waals surface area contributed by atoms with Crippen LogP contribution in [0.5, 0.6) is 11.5 Å². The molecule has 1 aromatic heterocycles. The molecule has 0 N–H and O–H groups in total. The van der Waals surface area contributed by atoms with E-state index >= 15 is 0 Å². The van der Waals surface area contributed by atoms with Gasteiger partial charge < -0.3 is 19.3 Å². The van der Waals surface area contributed by atoms with Crippen LogP contribution in [0.2, 0.25) is 0 Å². The van der Waals surface area contributed by atoms with Crippen molar-refractivity contribution in [2.75, 3.05) is 41.4 Å². The Labute approximate surface area is 183 Å². The Hall–Kier alpha value is -3.12. The first-order valence-electron chi connectivity index (χ1n) is 10.6. The molecule has 2 aromatic carbocycles. The van der Waals surface area contributed by atoms with Crippen LogP contribution in [0, 0.1) is 0 Å². The number of likely N-dealkylation sites (N-methyl/N-ethyl adjacent to an activating group) is 1. The summed E-state index contributed by atoms with van der Waals surface area (Å²) in [6, 6.07) is 15.8. The number of hydrogen-bond donors (Lipinski definition) is 0. The number of aromatic nitrogens is 1. The van der Waals surface area contributed by atoms with Crippen molar-refractivity contribution in [2.24, 2.45) is 0 Å². The largest absolute Gasteiger partial charge is 0.493 e. The molecule has 1 atom stereocenters. The van der Waals surface area contributed by atoms with E-state index in [4.69, 9.17) is 14.5 Å². The molecule has 2 heterocycles. The highest BCUT2D eigenvalue weighted by Gasteiger charge is 2.27. The number of fused-ring (bicyclic) bond motifs is 1. The number of carbonyl (C=O) groups excluding carboxylic acids is 1. The molecule has 1 unspecified atom stereocenters. The third-order valence-electron chi connectivity index (χ3n) is 6.04. The van der Waals surface area contributed by atoms with Crippen LogP contribution in [0.25, 0.3) is 22.2 Å². The van der Waals surface area contributed by atoms with Gasteiger partial charge in [0.25, 0.3) is 5.91 Å². The minimum absolute atomic E-state index is 0.0619. The number of piperidine rings is 1. The van der Waals surface area contributed by atoms with Gasteiger partial charge in [0, 0.05) is 30.1 Å². The van der Waals surface area contributed by atoms with Crippen LogP contribution < -0.4 is 9.47 Å². The van der Waals surface area contributed by atoms with E-state index in [0.717, 1.165) is 48.1 Å². The number of methoxy groups -OCH3 is 2. The third-order valence-corrected chi connectivity index (χ3v) is 6.04. The van der Waals surface area contributed by atoms with Crippen LogP contribution in [0.15, 0.2) is 48.5 Å². The molecule has 1 aliphatic heterocycles. The van der Waals surface area contributed by atoms with Crippen molar-refractivity contribution in [3.05, 3.63) is 54.1 Å². The lowest BCUT2D eigenvalue weighted by molar-refractivity contribution is 0.0637. The monoisotopic (exact) mass is 419 g/mol. The average molecular weight is 420 g/mol. The van der Waals surface area contributed by atoms with E-state index < -0.39 is 0 Å². The Balaban J connectivity index is 1.78. The smallest absolute Gasteiger partial charge is 0.254 e. The number of carbonyl (C=O) groups is 1. The summed E-state index contributed by atoms with van der Waals surface area (Å²) in [5.74, 6) is 1.35. The standard InChI is InChI=1S/C25H29N3O3/c1-27(2)18-8-7-13-28(16-18)25(29)20-15-22(26-21-10-6-5-9-19(20)21)17-11-12-23(30-3)24(14-17)31-4/h5-6,9-12,14-15,18H,7-8,13,16H2,1-4H3. The van der Waals surface area contributed by atoms with Crippen LogP contribution in [0.4, 0.5) is 0 Å². The van der Waals surface area contributed by atoms with Gasteiger partial charge in [-0.25, -0.2) is 4.98 Å². The molecule has 1 amide bonds. The molecule has 1 aliphatic rings. The van der Waals surface area contributed by atoms with Crippen LogP contribution in [0.1, 0.15) is 23.2 Å². The second-order valence-corrected chi connectivity index (χ2v) is 8.15. The second kappa shape index (κ2) is 8.94. The van der Waals surface area contributed by atoms with E-state index in [2.05, 4.69) is 19.0 Å². The van der Waals surface area contributed by atoms with Crippen molar-refractivity contribution in [1.82, 2.24) is 14.8 Å². The summed E-state index contributed by atoms with van der Waals surface area (Å²) in [5, 5.41) is 0.878. The zero-order chi connectivity index (χ0) is 22.0. The van der Waals surface area contributed by atoms with E-state index in [1.54, 1.807) is 14.2 Å². The molecule has 162 valence electrons. The third kappa shape index (κ3) is 4.21. The van der Waals surface area contributed by atoms with Gasteiger partial charge in [-0.05, 0) is 57.3 Å². The molecule has 0 saturated carbocycles. The maximum Gasteiger partial charge on any atom is 0.254 e. The van der Waals surface area contributed by atoms with E-state index in [1.807, 2.05) is 53.4 Å². The highest BCUT2D eigenvalue weighted by atomic mass is 16.5. The molecule has 0 radical (unpaired) electrons. The summed E-state index contributed by atoms with van der Waals surface area (Å²) in [6.45, 7) is 1.53. The highest BCUT2D eigenvalue weighted by Crippen LogP contribution is 2.33. The summed E-state index contributed by atoms with van der Waals surface area (Å²) in [6.07, 6.45) is 2.13. The van der Waals surface area contributed by atoms with Gasteiger partial charge in [0.05, 0.1) is 31.0 Å². The molecule has 0 aliphatic carbocycles. The molecule has 4 rings (SSSR count). The number of pyridine rings is 1. The molecule has 1 saturated heterocycles. The first kappa shape index (κ1) is 21.1. The lowest BCUT2D eigenvalue weighted by Gasteiger charge is -2.36. The molecule has 6 nitrogen and oxygen atoms in total. The number of rotatable bonds is 5. The molecule has 0 bridgehead atoms. The SMILES string of the molecule is COc1ccc(-c2cc(C(=O)N3CCCC(N(C)C)C3)c3ccccc3n2)cc1OC. The van der Waals surface area contributed by atoms with Gasteiger partial charge in [-0.3, -0.25) is 4.79 Å². The number of hydrogen-bond acceptors (Lipinski definition) is 5. The van der Waals surface area contributed by atoms with Gasteiger partial charge >= 0.3 is 0 Å². The zero-order valence-corrected chi connectivity index (χ0v) is 18.6. The lowest BCUT2D eigenvalue weighted by Crippen LogP contribution is -2.47. The fourth-order valence-corrected chi connectivity index (χ4v) is 4.23. The van der Waals surface area contributed by atoms with E-state index in [0.29, 0.717) is 23.1 Å². The normalized spacial score (nSPS) is 16.5. The topological polar surface area (TPSA) is 54.9 Å². The van der Waals surface area contributed by atoms with Gasteiger partial charge in [-0.15, -0.1) is 0 Å². The predicted molar refractivity (Wildman–Crippen MR) is 123 cm³/mol. The number of ether oxygens (including phenoxy) is 2. The Bertz CT molecular complexity index is 1100. The van der Waals surface area contributed by atoms with Gasteiger partial charge in [0.15, 0.2) is 11.5 Å². The van der Waals surface area contributed by atoms with Crippen LogP contribution in [-0.4, -0.2) is 68.1 Å². The number of para-hydroxylation sites is 1. The number of likely N-dealkylation sites (tertiary alicyclic amines) is 1. The van der Waals surface area contributed by atoms with Gasteiger partial charge in [-0.2, -0.15) is 0 Å². The first-order valence-corrected chi connectivity index (χ1v) is 10.6. The maximum atomic E-state index is 13.6. The highest BCUT2D eigenvalue weighted by molar-refractivity contribution is 6.07. The summed E-state index contributed by atoms with van der Waals surface area (Å²) in [5.41, 5.74) is 3.11. The second-order valence-electron chi connectivity index (χ2n) is 8.15. The molecule has 6 heteroatoms. The number of amides is 1. The number of nitrogens with zero attached hydrogens (tertiary/aromatic N) is 3. The zero-order valence-electron chi connectivity index (χ0n) is 18.6. The Kier molecular flexibility index (Phi) is 6.09. The molecular formula is C25H29N3O3. The minimum Gasteiger partial charge on any atom is -0.493 e. The van der Waals surface area contributed by atoms with Gasteiger partial charge in [-0.1, -0.05) is 18.2 Å². The van der Waals surface area contributed by atoms with E-state index in [9.17, 15) is 4.79 Å². The van der Waals surface area contributed by atoms with Gasteiger partial charge in [0.2, 0.25) is 0 Å². The summed E-state index contributed by atoms with van der Waals surface area (Å²) >= 11 is 0. The van der Waals surface area contributed by atoms with Crippen molar-refractivity contribution in [3.8, 4) is 22.8 Å². The van der Waals surface area contributed by atoms with Crippen LogP contribution >= 0.6 is 0 Å². The van der Waals surface area contributed by atoms with E-state index in [-0.39, 0.29) is 5.91 Å². The molecule has 0 spiro atoms. The van der Waals surface area contributed by atoms with Gasteiger partial charge in [0.1, 0.15) is 0 Å². The molecule has 3 aromatic rings. The number of benzene rings is 2. The lowest BCUT2D eigenvalue weighted by atomic mass is 10.00. The Morgan fingerprint density at radius 1 is 1.06 bits per heavy atom. The Morgan fingerprint density at radius 2 is 1.84 bits per heavy atom. The summed E-state index contributed by atoms with van der Waals surface area (Å²) in [4.78, 5) is 22.6. The fraction of sp³-hybridized carbons (Fsp3) is 0.360. The van der Waals surface area contributed by atoms with Crippen molar-refractivity contribution in [3.63, 3.8) is 0 Å². The van der Waals surface area contributed by atoms with Crippen molar-refractivity contribution < 1.29 is 14.3 Å². The van der Waals surface area contributed by atoms with Crippen molar-refractivity contribution >= 4 is 16.8 Å². The quantitative estimate of drug-likeness (QED) is 0.624. The molecule has 31 heavy (non-hydrogen) atoms. The van der Waals surface area contributed by atoms with Crippen LogP contribution in [-0.2, 0) is 0 Å². The molecule has 1 fully saturated rings. The first-order chi connectivity index (χ1) is 15.0. The Morgan fingerprint density at radius 3 is 2.58 bits per heavy atom. The average Bonchev–Trinajstić information content (AvgIpc) is 2.82. The maximum absolute atomic E-state index is 13.6. The molecular weight excluding hydrogens is 390 g/mol. The minimum atomic E-state index is 0.0619. The summed E-state index contributed by atoms with van der Waals surface area (Å²) in [7, 11) is 7.38. The van der Waals surface area contributed by atoms with E-state index in [1.165, 1.54) is 0 Å². The predicted octanol–water partition coefficient (Wildman–Crippen LogP) is 4.09. The fourth-order valence-electron chi connectivity index (χ4n) is 4.23.